The van der Waals surface area contributed by atoms with E-state index in [0.29, 0.717) is 0 Å². The summed E-state index contributed by atoms with van der Waals surface area (Å²) < 4.78 is 5.70. The lowest BCUT2D eigenvalue weighted by Crippen LogP contribution is -2.40. The van der Waals surface area contributed by atoms with Gasteiger partial charge in [-0.3, -0.25) is 9.98 Å². The van der Waals surface area contributed by atoms with Gasteiger partial charge in [-0.1, -0.05) is 6.07 Å². The Morgan fingerprint density at radius 3 is 3.00 bits per heavy atom. The van der Waals surface area contributed by atoms with Gasteiger partial charge in [-0.05, 0) is 37.8 Å². The van der Waals surface area contributed by atoms with Crippen LogP contribution in [0.2, 0.25) is 0 Å². The number of aromatic nitrogens is 1. The van der Waals surface area contributed by atoms with Crippen molar-refractivity contribution in [1.29, 1.82) is 0 Å². The maximum absolute atomic E-state index is 5.70. The van der Waals surface area contributed by atoms with E-state index < -0.39 is 0 Å². The SMILES string of the molecule is CCNC(=NCCc1ccccn1)N(C)CCOCC1CC1. The number of nitrogens with one attached hydrogen (secondary N) is 1. The van der Waals surface area contributed by atoms with Crippen LogP contribution in [0.1, 0.15) is 25.5 Å². The molecular weight excluding hydrogens is 276 g/mol. The van der Waals surface area contributed by atoms with E-state index in [4.69, 9.17) is 4.74 Å². The first kappa shape index (κ1) is 16.7. The zero-order valence-electron chi connectivity index (χ0n) is 13.8. The summed E-state index contributed by atoms with van der Waals surface area (Å²) in [5.74, 6) is 1.76. The summed E-state index contributed by atoms with van der Waals surface area (Å²) in [6.07, 6.45) is 5.37. The molecule has 0 aliphatic heterocycles. The Morgan fingerprint density at radius 1 is 1.45 bits per heavy atom. The van der Waals surface area contributed by atoms with E-state index in [2.05, 4.69) is 34.2 Å². The first-order valence-corrected chi connectivity index (χ1v) is 8.26. The molecule has 122 valence electrons. The van der Waals surface area contributed by atoms with Crippen LogP contribution in [0.3, 0.4) is 0 Å². The van der Waals surface area contributed by atoms with Crippen molar-refractivity contribution in [2.75, 3.05) is 39.9 Å². The quantitative estimate of drug-likeness (QED) is 0.430. The van der Waals surface area contributed by atoms with Crippen LogP contribution in [0.25, 0.3) is 0 Å². The fourth-order valence-electron chi connectivity index (χ4n) is 2.13. The van der Waals surface area contributed by atoms with Gasteiger partial charge in [0.1, 0.15) is 0 Å². The number of hydrogen-bond acceptors (Lipinski definition) is 3. The number of rotatable bonds is 9. The molecule has 0 spiro atoms. The number of guanidine groups is 1. The first-order chi connectivity index (χ1) is 10.8. The molecular formula is C17H28N4O. The number of hydrogen-bond donors (Lipinski definition) is 1. The standard InChI is InChI=1S/C17H28N4O/c1-3-18-17(20-11-9-16-6-4-5-10-19-16)21(2)12-13-22-14-15-7-8-15/h4-6,10,15H,3,7-9,11-14H2,1-2H3,(H,18,20). The minimum absolute atomic E-state index is 0.743. The second kappa shape index (κ2) is 9.41. The highest BCUT2D eigenvalue weighted by molar-refractivity contribution is 5.79. The topological polar surface area (TPSA) is 49.8 Å². The molecule has 0 radical (unpaired) electrons. The van der Waals surface area contributed by atoms with Crippen LogP contribution in [0.15, 0.2) is 29.4 Å². The van der Waals surface area contributed by atoms with Gasteiger partial charge in [-0.25, -0.2) is 0 Å². The highest BCUT2D eigenvalue weighted by Gasteiger charge is 2.21. The van der Waals surface area contributed by atoms with Crippen LogP contribution in [0, 0.1) is 5.92 Å². The van der Waals surface area contributed by atoms with Crippen LogP contribution in [-0.2, 0) is 11.2 Å². The summed E-state index contributed by atoms with van der Waals surface area (Å²) in [5.41, 5.74) is 1.08. The summed E-state index contributed by atoms with van der Waals surface area (Å²) in [6, 6.07) is 5.99. The third-order valence-corrected chi connectivity index (χ3v) is 3.67. The number of nitrogens with zero attached hydrogens (tertiary/aromatic N) is 3. The Bertz CT molecular complexity index is 445. The van der Waals surface area contributed by atoms with Crippen molar-refractivity contribution in [3.8, 4) is 0 Å². The molecule has 22 heavy (non-hydrogen) atoms. The summed E-state index contributed by atoms with van der Waals surface area (Å²) >= 11 is 0. The average molecular weight is 304 g/mol. The van der Waals surface area contributed by atoms with Crippen LogP contribution >= 0.6 is 0 Å². The molecule has 2 rings (SSSR count). The lowest BCUT2D eigenvalue weighted by Gasteiger charge is -2.22. The van der Waals surface area contributed by atoms with E-state index in [1.165, 1.54) is 12.8 Å². The molecule has 0 saturated heterocycles. The van der Waals surface area contributed by atoms with Gasteiger partial charge >= 0.3 is 0 Å². The number of pyridine rings is 1. The van der Waals surface area contributed by atoms with Gasteiger partial charge in [-0.2, -0.15) is 0 Å². The fourth-order valence-corrected chi connectivity index (χ4v) is 2.13. The van der Waals surface area contributed by atoms with Gasteiger partial charge in [0.25, 0.3) is 0 Å². The van der Waals surface area contributed by atoms with E-state index in [0.717, 1.165) is 56.8 Å². The smallest absolute Gasteiger partial charge is 0.193 e. The van der Waals surface area contributed by atoms with E-state index in [9.17, 15) is 0 Å². The van der Waals surface area contributed by atoms with Crippen LogP contribution in [0.5, 0.6) is 0 Å². The molecule has 0 bridgehead atoms. The fraction of sp³-hybridized carbons (Fsp3) is 0.647. The summed E-state index contributed by atoms with van der Waals surface area (Å²) in [5, 5.41) is 3.33. The predicted molar refractivity (Wildman–Crippen MR) is 90.1 cm³/mol. The Labute approximate surface area is 133 Å². The van der Waals surface area contributed by atoms with Gasteiger partial charge in [0.2, 0.25) is 0 Å². The molecule has 1 saturated carbocycles. The number of ether oxygens (including phenoxy) is 1. The second-order valence-corrected chi connectivity index (χ2v) is 5.75. The van der Waals surface area contributed by atoms with Gasteiger partial charge in [0, 0.05) is 51.6 Å². The van der Waals surface area contributed by atoms with E-state index in [1.807, 2.05) is 24.4 Å². The molecule has 1 N–H and O–H groups in total. The van der Waals surface area contributed by atoms with Crippen molar-refractivity contribution >= 4 is 5.96 Å². The van der Waals surface area contributed by atoms with Crippen LogP contribution < -0.4 is 5.32 Å². The molecule has 5 nitrogen and oxygen atoms in total. The molecule has 0 unspecified atom stereocenters. The predicted octanol–water partition coefficient (Wildman–Crippen LogP) is 1.95. The highest BCUT2D eigenvalue weighted by atomic mass is 16.5. The minimum Gasteiger partial charge on any atom is -0.379 e. The maximum Gasteiger partial charge on any atom is 0.193 e. The third kappa shape index (κ3) is 6.43. The molecule has 0 atom stereocenters. The molecule has 1 aromatic heterocycles. The van der Waals surface area contributed by atoms with Crippen molar-refractivity contribution < 1.29 is 4.74 Å². The zero-order valence-corrected chi connectivity index (χ0v) is 13.8. The average Bonchev–Trinajstić information content (AvgIpc) is 3.36. The Kier molecular flexibility index (Phi) is 7.16. The third-order valence-electron chi connectivity index (χ3n) is 3.67. The van der Waals surface area contributed by atoms with E-state index in [1.54, 1.807) is 0 Å². The molecule has 1 aliphatic rings. The lowest BCUT2D eigenvalue weighted by molar-refractivity contribution is 0.115. The van der Waals surface area contributed by atoms with Gasteiger partial charge in [-0.15, -0.1) is 0 Å². The van der Waals surface area contributed by atoms with Crippen molar-refractivity contribution in [3.63, 3.8) is 0 Å². The Morgan fingerprint density at radius 2 is 2.32 bits per heavy atom. The monoisotopic (exact) mass is 304 g/mol. The molecule has 0 amide bonds. The Hall–Kier alpha value is -1.62. The molecule has 1 aromatic rings. The lowest BCUT2D eigenvalue weighted by atomic mass is 10.3. The van der Waals surface area contributed by atoms with Crippen molar-refractivity contribution in [3.05, 3.63) is 30.1 Å². The highest BCUT2D eigenvalue weighted by Crippen LogP contribution is 2.28. The molecule has 0 aromatic carbocycles. The second-order valence-electron chi connectivity index (χ2n) is 5.75. The van der Waals surface area contributed by atoms with Crippen molar-refractivity contribution in [2.24, 2.45) is 10.9 Å². The molecule has 1 aliphatic carbocycles. The van der Waals surface area contributed by atoms with Gasteiger partial charge in [0.05, 0.1) is 6.61 Å². The number of likely N-dealkylation sites (N-methyl/N-ethyl adjacent to an activating group) is 1. The van der Waals surface area contributed by atoms with Crippen molar-refractivity contribution in [1.82, 2.24) is 15.2 Å². The largest absolute Gasteiger partial charge is 0.379 e. The van der Waals surface area contributed by atoms with E-state index >= 15 is 0 Å². The van der Waals surface area contributed by atoms with Crippen LogP contribution in [-0.4, -0.2) is 55.7 Å². The maximum atomic E-state index is 5.70. The molecule has 1 fully saturated rings. The van der Waals surface area contributed by atoms with Crippen molar-refractivity contribution in [2.45, 2.75) is 26.2 Å². The summed E-state index contributed by atoms with van der Waals surface area (Å²) in [6.45, 7) is 6.25. The zero-order chi connectivity index (χ0) is 15.6. The first-order valence-electron chi connectivity index (χ1n) is 8.26. The van der Waals surface area contributed by atoms with Gasteiger partial charge in [0.15, 0.2) is 5.96 Å². The van der Waals surface area contributed by atoms with E-state index in [-0.39, 0.29) is 0 Å². The number of aliphatic imine (C=N–C) groups is 1. The molecule has 5 heteroatoms. The Balaban J connectivity index is 1.72. The van der Waals surface area contributed by atoms with Gasteiger partial charge < -0.3 is 15.0 Å². The minimum atomic E-state index is 0.743. The molecule has 1 heterocycles. The summed E-state index contributed by atoms with van der Waals surface area (Å²) in [4.78, 5) is 11.1. The van der Waals surface area contributed by atoms with Crippen LogP contribution in [0.4, 0.5) is 0 Å². The summed E-state index contributed by atoms with van der Waals surface area (Å²) in [7, 11) is 2.06. The normalized spacial score (nSPS) is 14.9.